The molecular formula is C22H22ClN3O3. The number of amides is 1. The molecule has 7 heteroatoms. The van der Waals surface area contributed by atoms with E-state index in [1.165, 1.54) is 0 Å². The van der Waals surface area contributed by atoms with Gasteiger partial charge in [0.15, 0.2) is 0 Å². The number of pyridine rings is 1. The molecule has 6 nitrogen and oxygen atoms in total. The van der Waals surface area contributed by atoms with E-state index in [9.17, 15) is 4.79 Å². The van der Waals surface area contributed by atoms with Gasteiger partial charge in [-0.2, -0.15) is 0 Å². The zero-order chi connectivity index (χ0) is 20.5. The summed E-state index contributed by atoms with van der Waals surface area (Å²) in [4.78, 5) is 16.7. The molecule has 0 bridgehead atoms. The van der Waals surface area contributed by atoms with Crippen molar-refractivity contribution in [1.82, 2.24) is 4.98 Å². The first kappa shape index (κ1) is 20.6. The molecule has 2 aromatic carbocycles. The van der Waals surface area contributed by atoms with Gasteiger partial charge in [0.1, 0.15) is 12.4 Å². The number of nitrogens with one attached hydrogen (secondary N) is 2. The Labute approximate surface area is 174 Å². The van der Waals surface area contributed by atoms with Gasteiger partial charge in [0.2, 0.25) is 0 Å². The van der Waals surface area contributed by atoms with Gasteiger partial charge in [-0.3, -0.25) is 9.78 Å². The number of carbonyl (C=O) groups is 1. The molecule has 0 spiro atoms. The third-order valence-electron chi connectivity index (χ3n) is 4.12. The Kier molecular flexibility index (Phi) is 7.44. The fraction of sp³-hybridized carbons (Fsp3) is 0.182. The van der Waals surface area contributed by atoms with Gasteiger partial charge in [-0.25, -0.2) is 0 Å². The van der Waals surface area contributed by atoms with Crippen molar-refractivity contribution in [3.05, 3.63) is 83.1 Å². The second-order valence-electron chi connectivity index (χ2n) is 6.20. The van der Waals surface area contributed by atoms with E-state index in [0.717, 1.165) is 11.3 Å². The van der Waals surface area contributed by atoms with Crippen LogP contribution in [0.3, 0.4) is 0 Å². The number of anilines is 2. The van der Waals surface area contributed by atoms with Crippen LogP contribution in [0.4, 0.5) is 11.4 Å². The van der Waals surface area contributed by atoms with Crippen LogP contribution in [-0.2, 0) is 11.3 Å². The van der Waals surface area contributed by atoms with Gasteiger partial charge in [-0.05, 0) is 42.5 Å². The lowest BCUT2D eigenvalue weighted by molar-refractivity contribution is 0.102. The minimum atomic E-state index is -0.266. The average molecular weight is 412 g/mol. The highest BCUT2D eigenvalue weighted by atomic mass is 35.5. The van der Waals surface area contributed by atoms with E-state index < -0.39 is 0 Å². The Hall–Kier alpha value is -3.09. The van der Waals surface area contributed by atoms with Crippen molar-refractivity contribution >= 4 is 28.9 Å². The summed E-state index contributed by atoms with van der Waals surface area (Å²) in [6.07, 6.45) is 3.24. The van der Waals surface area contributed by atoms with E-state index in [0.29, 0.717) is 35.2 Å². The number of hydrogen-bond donors (Lipinski definition) is 2. The first-order chi connectivity index (χ1) is 14.2. The standard InChI is InChI=1S/C22H22ClN3O3/c1-28-12-11-25-20-9-8-17(23)13-16(20)15-29-21-7-3-2-6-19(21)22(27)26-18-5-4-10-24-14-18/h2-10,13-14,25H,11-12,15H2,1H3,(H,26,27). The van der Waals surface area contributed by atoms with E-state index in [-0.39, 0.29) is 12.5 Å². The van der Waals surface area contributed by atoms with Gasteiger partial charge in [0.05, 0.1) is 24.1 Å². The van der Waals surface area contributed by atoms with Gasteiger partial charge in [0, 0.05) is 36.1 Å². The number of methoxy groups -OCH3 is 1. The van der Waals surface area contributed by atoms with Gasteiger partial charge in [0.25, 0.3) is 5.91 Å². The molecule has 3 rings (SSSR count). The topological polar surface area (TPSA) is 72.5 Å². The first-order valence-electron chi connectivity index (χ1n) is 9.12. The van der Waals surface area contributed by atoms with Crippen LogP contribution >= 0.6 is 11.6 Å². The number of ether oxygens (including phenoxy) is 2. The highest BCUT2D eigenvalue weighted by Crippen LogP contribution is 2.25. The van der Waals surface area contributed by atoms with Gasteiger partial charge in [-0.15, -0.1) is 0 Å². The highest BCUT2D eigenvalue weighted by Gasteiger charge is 2.13. The second-order valence-corrected chi connectivity index (χ2v) is 6.64. The number of rotatable bonds is 9. The zero-order valence-electron chi connectivity index (χ0n) is 16.0. The lowest BCUT2D eigenvalue weighted by Crippen LogP contribution is -2.14. The molecule has 0 unspecified atom stereocenters. The van der Waals surface area contributed by atoms with Crippen molar-refractivity contribution in [3.63, 3.8) is 0 Å². The fourth-order valence-electron chi connectivity index (χ4n) is 2.71. The van der Waals surface area contributed by atoms with Crippen molar-refractivity contribution in [2.45, 2.75) is 6.61 Å². The largest absolute Gasteiger partial charge is 0.488 e. The average Bonchev–Trinajstić information content (AvgIpc) is 2.74. The Morgan fingerprint density at radius 1 is 1.14 bits per heavy atom. The van der Waals surface area contributed by atoms with Crippen LogP contribution in [0.2, 0.25) is 5.02 Å². The summed E-state index contributed by atoms with van der Waals surface area (Å²) in [7, 11) is 1.65. The number of carbonyl (C=O) groups excluding carboxylic acids is 1. The van der Waals surface area contributed by atoms with Crippen molar-refractivity contribution in [2.24, 2.45) is 0 Å². The Balaban J connectivity index is 1.73. The van der Waals surface area contributed by atoms with Crippen molar-refractivity contribution < 1.29 is 14.3 Å². The van der Waals surface area contributed by atoms with Crippen LogP contribution in [0.1, 0.15) is 15.9 Å². The van der Waals surface area contributed by atoms with E-state index in [2.05, 4.69) is 15.6 Å². The molecule has 0 radical (unpaired) electrons. The van der Waals surface area contributed by atoms with Crippen LogP contribution in [0, 0.1) is 0 Å². The summed E-state index contributed by atoms with van der Waals surface area (Å²) in [5, 5.41) is 6.74. The van der Waals surface area contributed by atoms with E-state index in [1.807, 2.05) is 24.3 Å². The third kappa shape index (κ3) is 5.94. The van der Waals surface area contributed by atoms with E-state index in [4.69, 9.17) is 21.1 Å². The van der Waals surface area contributed by atoms with Crippen LogP contribution in [0.15, 0.2) is 67.0 Å². The molecule has 0 saturated carbocycles. The van der Waals surface area contributed by atoms with Crippen LogP contribution in [0.5, 0.6) is 5.75 Å². The molecule has 0 saturated heterocycles. The van der Waals surface area contributed by atoms with Crippen molar-refractivity contribution in [1.29, 1.82) is 0 Å². The highest BCUT2D eigenvalue weighted by molar-refractivity contribution is 6.30. The maximum absolute atomic E-state index is 12.7. The minimum Gasteiger partial charge on any atom is -0.488 e. The van der Waals surface area contributed by atoms with Gasteiger partial charge >= 0.3 is 0 Å². The van der Waals surface area contributed by atoms with Gasteiger partial charge < -0.3 is 20.1 Å². The summed E-state index contributed by atoms with van der Waals surface area (Å²) in [6.45, 7) is 1.50. The molecule has 29 heavy (non-hydrogen) atoms. The molecule has 1 amide bonds. The maximum Gasteiger partial charge on any atom is 0.259 e. The quantitative estimate of drug-likeness (QED) is 0.502. The SMILES string of the molecule is COCCNc1ccc(Cl)cc1COc1ccccc1C(=O)Nc1cccnc1. The summed E-state index contributed by atoms with van der Waals surface area (Å²) in [5.74, 6) is 0.217. The molecule has 0 aliphatic heterocycles. The summed E-state index contributed by atoms with van der Waals surface area (Å²) in [5.41, 5.74) is 2.85. The number of nitrogens with zero attached hydrogens (tertiary/aromatic N) is 1. The minimum absolute atomic E-state index is 0.257. The summed E-state index contributed by atoms with van der Waals surface area (Å²) < 4.78 is 11.1. The first-order valence-corrected chi connectivity index (χ1v) is 9.49. The number of aromatic nitrogens is 1. The van der Waals surface area contributed by atoms with Gasteiger partial charge in [-0.1, -0.05) is 23.7 Å². The summed E-state index contributed by atoms with van der Waals surface area (Å²) in [6, 6.07) is 16.2. The van der Waals surface area contributed by atoms with Crippen LogP contribution in [-0.4, -0.2) is 31.2 Å². The molecular weight excluding hydrogens is 390 g/mol. The number of benzene rings is 2. The number of para-hydroxylation sites is 1. The molecule has 0 aliphatic carbocycles. The smallest absolute Gasteiger partial charge is 0.259 e. The molecule has 1 heterocycles. The summed E-state index contributed by atoms with van der Waals surface area (Å²) >= 11 is 6.15. The maximum atomic E-state index is 12.7. The third-order valence-corrected chi connectivity index (χ3v) is 4.36. The molecule has 2 N–H and O–H groups in total. The zero-order valence-corrected chi connectivity index (χ0v) is 16.8. The monoisotopic (exact) mass is 411 g/mol. The van der Waals surface area contributed by atoms with E-state index in [1.54, 1.807) is 49.8 Å². The molecule has 150 valence electrons. The van der Waals surface area contributed by atoms with Crippen molar-refractivity contribution in [3.8, 4) is 5.75 Å². The second kappa shape index (κ2) is 10.5. The lowest BCUT2D eigenvalue weighted by Gasteiger charge is -2.15. The number of hydrogen-bond acceptors (Lipinski definition) is 5. The molecule has 3 aromatic rings. The Morgan fingerprint density at radius 3 is 2.79 bits per heavy atom. The van der Waals surface area contributed by atoms with E-state index >= 15 is 0 Å². The predicted molar refractivity (Wildman–Crippen MR) is 115 cm³/mol. The number of halogens is 1. The Morgan fingerprint density at radius 2 is 2.00 bits per heavy atom. The predicted octanol–water partition coefficient (Wildman–Crippen LogP) is 4.62. The molecule has 0 atom stereocenters. The fourth-order valence-corrected chi connectivity index (χ4v) is 2.91. The molecule has 0 aliphatic rings. The van der Waals surface area contributed by atoms with Crippen LogP contribution < -0.4 is 15.4 Å². The van der Waals surface area contributed by atoms with Crippen molar-refractivity contribution in [2.75, 3.05) is 30.9 Å². The molecule has 1 aromatic heterocycles. The normalized spacial score (nSPS) is 10.4. The Bertz CT molecular complexity index is 951. The van der Waals surface area contributed by atoms with Crippen LogP contribution in [0.25, 0.3) is 0 Å². The molecule has 0 fully saturated rings. The lowest BCUT2D eigenvalue weighted by atomic mass is 10.1.